The monoisotopic (exact) mass is 253 g/mol. The van der Waals surface area contributed by atoms with Gasteiger partial charge in [-0.2, -0.15) is 0 Å². The zero-order valence-corrected chi connectivity index (χ0v) is 9.60. The highest BCUT2D eigenvalue weighted by Gasteiger charge is 1.99. The summed E-state index contributed by atoms with van der Waals surface area (Å²) in [6, 6.07) is 5.83. The van der Waals surface area contributed by atoms with Crippen molar-refractivity contribution in [3.63, 3.8) is 0 Å². The summed E-state index contributed by atoms with van der Waals surface area (Å²) in [6.45, 7) is 0.787. The average Bonchev–Trinajstić information content (AvgIpc) is 2.18. The van der Waals surface area contributed by atoms with Gasteiger partial charge in [0, 0.05) is 18.7 Å². The molecule has 0 unspecified atom stereocenters. The van der Waals surface area contributed by atoms with Gasteiger partial charge in [-0.25, -0.2) is 0 Å². The third-order valence-corrected chi connectivity index (χ3v) is 2.37. The molecule has 0 atom stereocenters. The van der Waals surface area contributed by atoms with Crippen molar-refractivity contribution in [2.45, 2.75) is 6.42 Å². The van der Waals surface area contributed by atoms with Crippen molar-refractivity contribution in [3.8, 4) is 18.1 Å². The summed E-state index contributed by atoms with van der Waals surface area (Å²) in [6.07, 6.45) is 5.87. The number of ether oxygens (including phenoxy) is 1. The van der Waals surface area contributed by atoms with E-state index in [9.17, 15) is 0 Å². The first kappa shape index (κ1) is 10.9. The molecule has 0 heterocycles. The maximum atomic E-state index is 5.15. The van der Waals surface area contributed by atoms with Crippen LogP contribution >= 0.6 is 15.9 Å². The van der Waals surface area contributed by atoms with Gasteiger partial charge < -0.3 is 10.1 Å². The van der Waals surface area contributed by atoms with E-state index in [4.69, 9.17) is 11.2 Å². The highest BCUT2D eigenvalue weighted by Crippen LogP contribution is 2.27. The van der Waals surface area contributed by atoms with E-state index in [1.165, 1.54) is 0 Å². The lowest BCUT2D eigenvalue weighted by molar-refractivity contribution is 0.412. The molecule has 1 rings (SSSR count). The maximum Gasteiger partial charge on any atom is 0.133 e. The molecule has 0 saturated carbocycles. The molecule has 0 aromatic heterocycles. The summed E-state index contributed by atoms with van der Waals surface area (Å²) in [5.74, 6) is 3.40. The van der Waals surface area contributed by atoms with Crippen LogP contribution in [0.1, 0.15) is 6.42 Å². The molecule has 0 spiro atoms. The van der Waals surface area contributed by atoms with Gasteiger partial charge in [-0.3, -0.25) is 0 Å². The van der Waals surface area contributed by atoms with E-state index in [0.29, 0.717) is 0 Å². The number of methoxy groups -OCH3 is 1. The molecular formula is C11H12BrNO. The van der Waals surface area contributed by atoms with Crippen LogP contribution in [0.25, 0.3) is 0 Å². The van der Waals surface area contributed by atoms with E-state index in [-0.39, 0.29) is 0 Å². The van der Waals surface area contributed by atoms with Crippen LogP contribution in [0.15, 0.2) is 22.7 Å². The lowest BCUT2D eigenvalue weighted by Crippen LogP contribution is -2.00. The molecule has 0 amide bonds. The molecule has 0 aliphatic carbocycles. The van der Waals surface area contributed by atoms with Gasteiger partial charge in [0.25, 0.3) is 0 Å². The lowest BCUT2D eigenvalue weighted by Gasteiger charge is -2.07. The van der Waals surface area contributed by atoms with Gasteiger partial charge in [-0.15, -0.1) is 12.3 Å². The van der Waals surface area contributed by atoms with Crippen molar-refractivity contribution < 1.29 is 4.74 Å². The van der Waals surface area contributed by atoms with Crippen LogP contribution in [0, 0.1) is 12.3 Å². The minimum atomic E-state index is 0.726. The van der Waals surface area contributed by atoms with Gasteiger partial charge in [-0.05, 0) is 34.1 Å². The Morgan fingerprint density at radius 2 is 2.36 bits per heavy atom. The second-order valence-corrected chi connectivity index (χ2v) is 3.58. The number of benzene rings is 1. The number of halogens is 1. The van der Waals surface area contributed by atoms with Gasteiger partial charge in [0.1, 0.15) is 5.75 Å². The first-order chi connectivity index (χ1) is 6.77. The summed E-state index contributed by atoms with van der Waals surface area (Å²) < 4.78 is 6.05. The standard InChI is InChI=1S/C11H12BrNO/c1-3-4-7-13-9-5-6-11(14-2)10(12)8-9/h1,5-6,8,13H,4,7H2,2H3. The van der Waals surface area contributed by atoms with Crippen LogP contribution in [0.2, 0.25) is 0 Å². The minimum Gasteiger partial charge on any atom is -0.496 e. The molecule has 0 aliphatic rings. The van der Waals surface area contributed by atoms with Gasteiger partial charge >= 0.3 is 0 Å². The zero-order chi connectivity index (χ0) is 10.4. The predicted octanol–water partition coefficient (Wildman–Crippen LogP) is 2.89. The Morgan fingerprint density at radius 1 is 1.57 bits per heavy atom. The van der Waals surface area contributed by atoms with Crippen LogP contribution in [0.4, 0.5) is 5.69 Å². The number of terminal acetylenes is 1. The summed E-state index contributed by atoms with van der Waals surface area (Å²) in [5.41, 5.74) is 1.04. The molecule has 1 N–H and O–H groups in total. The fraction of sp³-hybridized carbons (Fsp3) is 0.273. The van der Waals surface area contributed by atoms with Crippen LogP contribution < -0.4 is 10.1 Å². The van der Waals surface area contributed by atoms with Crippen molar-refractivity contribution in [1.29, 1.82) is 0 Å². The molecule has 74 valence electrons. The average molecular weight is 254 g/mol. The molecule has 3 heteroatoms. The van der Waals surface area contributed by atoms with E-state index in [1.807, 2.05) is 18.2 Å². The van der Waals surface area contributed by atoms with Gasteiger partial charge in [0.15, 0.2) is 0 Å². The first-order valence-corrected chi connectivity index (χ1v) is 5.08. The first-order valence-electron chi connectivity index (χ1n) is 4.29. The van der Waals surface area contributed by atoms with Crippen LogP contribution in [0.3, 0.4) is 0 Å². The van der Waals surface area contributed by atoms with Gasteiger partial charge in [0.2, 0.25) is 0 Å². The lowest BCUT2D eigenvalue weighted by atomic mass is 10.3. The van der Waals surface area contributed by atoms with E-state index in [2.05, 4.69) is 27.2 Å². The second kappa shape index (κ2) is 5.56. The summed E-state index contributed by atoms with van der Waals surface area (Å²) in [4.78, 5) is 0. The quantitative estimate of drug-likeness (QED) is 0.659. The van der Waals surface area contributed by atoms with Crippen molar-refractivity contribution in [1.82, 2.24) is 0 Å². The van der Waals surface area contributed by atoms with E-state index < -0.39 is 0 Å². The molecule has 0 bridgehead atoms. The Balaban J connectivity index is 2.63. The molecule has 0 aliphatic heterocycles. The third-order valence-electron chi connectivity index (χ3n) is 1.75. The van der Waals surface area contributed by atoms with Gasteiger partial charge in [0.05, 0.1) is 11.6 Å². The molecule has 0 radical (unpaired) electrons. The van der Waals surface area contributed by atoms with Crippen molar-refractivity contribution >= 4 is 21.6 Å². The molecule has 0 fully saturated rings. The van der Waals surface area contributed by atoms with Crippen molar-refractivity contribution in [2.24, 2.45) is 0 Å². The number of rotatable bonds is 4. The fourth-order valence-electron chi connectivity index (χ4n) is 1.06. The predicted molar refractivity (Wildman–Crippen MR) is 62.6 cm³/mol. The van der Waals surface area contributed by atoms with E-state index in [0.717, 1.165) is 28.9 Å². The van der Waals surface area contributed by atoms with Crippen molar-refractivity contribution in [2.75, 3.05) is 19.0 Å². The molecule has 14 heavy (non-hydrogen) atoms. The number of nitrogens with one attached hydrogen (secondary N) is 1. The number of anilines is 1. The Labute approximate surface area is 92.8 Å². The number of hydrogen-bond donors (Lipinski definition) is 1. The van der Waals surface area contributed by atoms with E-state index in [1.54, 1.807) is 7.11 Å². The summed E-state index contributed by atoms with van der Waals surface area (Å²) in [5, 5.41) is 3.21. The largest absolute Gasteiger partial charge is 0.496 e. The second-order valence-electron chi connectivity index (χ2n) is 2.73. The molecule has 0 saturated heterocycles. The normalized spacial score (nSPS) is 9.21. The number of hydrogen-bond acceptors (Lipinski definition) is 2. The maximum absolute atomic E-state index is 5.15. The third kappa shape index (κ3) is 2.97. The Hall–Kier alpha value is -1.14. The van der Waals surface area contributed by atoms with Crippen LogP contribution in [0.5, 0.6) is 5.75 Å². The molecule has 2 nitrogen and oxygen atoms in total. The molecule has 1 aromatic rings. The summed E-state index contributed by atoms with van der Waals surface area (Å²) >= 11 is 3.41. The highest BCUT2D eigenvalue weighted by molar-refractivity contribution is 9.10. The minimum absolute atomic E-state index is 0.726. The van der Waals surface area contributed by atoms with E-state index >= 15 is 0 Å². The SMILES string of the molecule is C#CCCNc1ccc(OC)c(Br)c1. The molecule has 1 aromatic carbocycles. The highest BCUT2D eigenvalue weighted by atomic mass is 79.9. The van der Waals surface area contributed by atoms with Crippen molar-refractivity contribution in [3.05, 3.63) is 22.7 Å². The van der Waals surface area contributed by atoms with Gasteiger partial charge in [-0.1, -0.05) is 0 Å². The van der Waals surface area contributed by atoms with Crippen LogP contribution in [-0.4, -0.2) is 13.7 Å². The van der Waals surface area contributed by atoms with Crippen LogP contribution in [-0.2, 0) is 0 Å². The fourth-order valence-corrected chi connectivity index (χ4v) is 1.60. The topological polar surface area (TPSA) is 21.3 Å². The summed E-state index contributed by atoms with van der Waals surface area (Å²) in [7, 11) is 1.64. The Kier molecular flexibility index (Phi) is 4.34. The zero-order valence-electron chi connectivity index (χ0n) is 8.01. The Morgan fingerprint density at radius 3 is 2.93 bits per heavy atom. The smallest absolute Gasteiger partial charge is 0.133 e. The Bertz CT molecular complexity index is 344. The molecular weight excluding hydrogens is 242 g/mol.